The summed E-state index contributed by atoms with van der Waals surface area (Å²) in [4.78, 5) is 0. The van der Waals surface area contributed by atoms with Crippen molar-refractivity contribution in [3.8, 4) is 23.0 Å². The van der Waals surface area contributed by atoms with Gasteiger partial charge in [0.05, 0.1) is 12.2 Å². The van der Waals surface area contributed by atoms with Gasteiger partial charge in [0, 0.05) is 6.07 Å². The molecule has 2 aromatic rings. The molecule has 0 amide bonds. The van der Waals surface area contributed by atoms with Gasteiger partial charge in [-0.25, -0.2) is 0 Å². The summed E-state index contributed by atoms with van der Waals surface area (Å²) < 4.78 is 0. The van der Waals surface area contributed by atoms with E-state index in [-0.39, 0.29) is 35.2 Å². The average Bonchev–Trinajstić information content (AvgIpc) is 2.71. The molecular weight excluding hydrogens is 372 g/mol. The van der Waals surface area contributed by atoms with Crippen LogP contribution in [-0.2, 0) is 0 Å². The molecule has 1 aliphatic rings. The molecule has 6 heteroatoms. The van der Waals surface area contributed by atoms with Crippen LogP contribution in [-0.4, -0.2) is 42.8 Å². The van der Waals surface area contributed by atoms with Gasteiger partial charge in [-0.05, 0) is 49.9 Å². The van der Waals surface area contributed by atoms with E-state index in [1.165, 1.54) is 49.6 Å². The molecule has 1 aliphatic carbocycles. The van der Waals surface area contributed by atoms with Crippen LogP contribution in [0, 0.1) is 0 Å². The van der Waals surface area contributed by atoms with Crippen LogP contribution in [0.5, 0.6) is 23.0 Å². The van der Waals surface area contributed by atoms with Gasteiger partial charge in [-0.1, -0.05) is 51.3 Å². The maximum absolute atomic E-state index is 8.91. The summed E-state index contributed by atoms with van der Waals surface area (Å²) in [5, 5.41) is 52.2. The fourth-order valence-electron chi connectivity index (χ4n) is 2.33. The Labute approximate surface area is 173 Å². The number of phenols is 4. The van der Waals surface area contributed by atoms with E-state index in [0.29, 0.717) is 0 Å². The Morgan fingerprint density at radius 3 is 1.41 bits per heavy atom. The lowest BCUT2D eigenvalue weighted by Gasteiger charge is -2.14. The molecule has 1 saturated carbocycles. The van der Waals surface area contributed by atoms with E-state index in [1.54, 1.807) is 18.2 Å². The predicted molar refractivity (Wildman–Crippen MR) is 115 cm³/mol. The highest BCUT2D eigenvalue weighted by atomic mass is 16.3. The molecular formula is C23H36O6. The summed E-state index contributed by atoms with van der Waals surface area (Å²) in [6, 6.07) is 12.0. The molecule has 0 spiro atoms. The van der Waals surface area contributed by atoms with Crippen molar-refractivity contribution in [1.82, 2.24) is 0 Å². The minimum Gasteiger partial charge on any atom is -0.508 e. The first kappa shape index (κ1) is 26.6. The van der Waals surface area contributed by atoms with Crippen LogP contribution in [0.1, 0.15) is 58.8 Å². The molecule has 0 unspecified atom stereocenters. The van der Waals surface area contributed by atoms with Crippen molar-refractivity contribution in [1.29, 1.82) is 0 Å². The Morgan fingerprint density at radius 1 is 0.759 bits per heavy atom. The summed E-state index contributed by atoms with van der Waals surface area (Å²) >= 11 is 0. The Morgan fingerprint density at radius 2 is 1.21 bits per heavy atom. The first-order valence-corrected chi connectivity index (χ1v) is 10.1. The molecule has 0 saturated heterocycles. The van der Waals surface area contributed by atoms with E-state index in [4.69, 9.17) is 30.6 Å². The molecule has 0 heterocycles. The number of aromatic hydroxyl groups is 4. The van der Waals surface area contributed by atoms with Gasteiger partial charge in [0.15, 0.2) is 11.5 Å². The Hall–Kier alpha value is -2.44. The van der Waals surface area contributed by atoms with Gasteiger partial charge in [-0.3, -0.25) is 0 Å². The average molecular weight is 409 g/mol. The van der Waals surface area contributed by atoms with E-state index in [0.717, 1.165) is 25.7 Å². The molecule has 0 radical (unpaired) electrons. The fourth-order valence-corrected chi connectivity index (χ4v) is 2.33. The number of phenolic OH excluding ortho intramolecular Hbond substituents is 4. The zero-order valence-electron chi connectivity index (χ0n) is 17.4. The second-order valence-corrected chi connectivity index (χ2v) is 6.77. The van der Waals surface area contributed by atoms with Gasteiger partial charge in [0.25, 0.3) is 0 Å². The fraction of sp³-hybridized carbons (Fsp3) is 0.478. The third kappa shape index (κ3) is 15.2. The maximum atomic E-state index is 8.91. The predicted octanol–water partition coefficient (Wildman–Crippen LogP) is 4.67. The van der Waals surface area contributed by atoms with Gasteiger partial charge in [-0.15, -0.1) is 0 Å². The lowest BCUT2D eigenvalue weighted by molar-refractivity contribution is 0.130. The molecule has 164 valence electrons. The highest BCUT2D eigenvalue weighted by Crippen LogP contribution is 2.21. The molecule has 3 rings (SSSR count). The highest BCUT2D eigenvalue weighted by molar-refractivity contribution is 5.36. The summed E-state index contributed by atoms with van der Waals surface area (Å²) in [7, 11) is 0. The van der Waals surface area contributed by atoms with Crippen molar-refractivity contribution in [2.75, 3.05) is 0 Å². The zero-order chi connectivity index (χ0) is 22.1. The molecule has 0 aromatic heterocycles. The number of hydrogen-bond acceptors (Lipinski definition) is 6. The SMILES string of the molecule is CCC(O)CC.OC1CCCCC1.Oc1cccc(O)c1.Oc1ccccc1O. The van der Waals surface area contributed by atoms with Crippen molar-refractivity contribution in [3.05, 3.63) is 48.5 Å². The third-order valence-electron chi connectivity index (χ3n) is 4.23. The van der Waals surface area contributed by atoms with Gasteiger partial charge in [-0.2, -0.15) is 0 Å². The van der Waals surface area contributed by atoms with Crippen molar-refractivity contribution in [3.63, 3.8) is 0 Å². The van der Waals surface area contributed by atoms with Crippen molar-refractivity contribution >= 4 is 0 Å². The molecule has 0 aliphatic heterocycles. The lowest BCUT2D eigenvalue weighted by atomic mass is 9.98. The van der Waals surface area contributed by atoms with Gasteiger partial charge < -0.3 is 30.6 Å². The molecule has 6 nitrogen and oxygen atoms in total. The van der Waals surface area contributed by atoms with Crippen LogP contribution in [0.3, 0.4) is 0 Å². The molecule has 6 N–H and O–H groups in total. The van der Waals surface area contributed by atoms with Crippen LogP contribution in [0.2, 0.25) is 0 Å². The van der Waals surface area contributed by atoms with Crippen LogP contribution in [0.25, 0.3) is 0 Å². The van der Waals surface area contributed by atoms with Gasteiger partial charge in [0.1, 0.15) is 11.5 Å². The van der Waals surface area contributed by atoms with Crippen LogP contribution < -0.4 is 0 Å². The first-order valence-electron chi connectivity index (χ1n) is 10.1. The number of rotatable bonds is 2. The highest BCUT2D eigenvalue weighted by Gasteiger charge is 2.07. The van der Waals surface area contributed by atoms with E-state index in [1.807, 2.05) is 13.8 Å². The maximum Gasteiger partial charge on any atom is 0.157 e. The smallest absolute Gasteiger partial charge is 0.157 e. The lowest BCUT2D eigenvalue weighted by Crippen LogP contribution is -2.09. The summed E-state index contributed by atoms with van der Waals surface area (Å²) in [6.45, 7) is 3.96. The standard InChI is InChI=1S/2C6H6O2.C6H12O.C5H12O/c7-5-2-1-3-6(8)4-5;7-5-3-1-2-4-6(5)8;7-6-4-2-1-3-5-6;1-3-5(6)4-2/h2*1-4,7-8H;6-7H,1-5H2;5-6H,3-4H2,1-2H3. The zero-order valence-corrected chi connectivity index (χ0v) is 17.4. The third-order valence-corrected chi connectivity index (χ3v) is 4.23. The number of hydrogen-bond donors (Lipinski definition) is 6. The number of para-hydroxylation sites is 2. The molecule has 2 aromatic carbocycles. The molecule has 0 atom stereocenters. The minimum atomic E-state index is -0.0764. The van der Waals surface area contributed by atoms with Crippen LogP contribution >= 0.6 is 0 Å². The van der Waals surface area contributed by atoms with E-state index in [2.05, 4.69) is 0 Å². The first-order chi connectivity index (χ1) is 13.8. The quantitative estimate of drug-likeness (QED) is 0.402. The summed E-state index contributed by atoms with van der Waals surface area (Å²) in [6.07, 6.45) is 7.63. The van der Waals surface area contributed by atoms with Crippen molar-refractivity contribution < 1.29 is 30.6 Å². The van der Waals surface area contributed by atoms with E-state index in [9.17, 15) is 0 Å². The Bertz CT molecular complexity index is 599. The molecule has 29 heavy (non-hydrogen) atoms. The normalized spacial score (nSPS) is 13.1. The monoisotopic (exact) mass is 408 g/mol. The molecule has 1 fully saturated rings. The summed E-state index contributed by atoms with van der Waals surface area (Å²) in [5.41, 5.74) is 0. The Balaban J connectivity index is 0.000000363. The van der Waals surface area contributed by atoms with Gasteiger partial charge in [0.2, 0.25) is 0 Å². The second-order valence-electron chi connectivity index (χ2n) is 6.77. The minimum absolute atomic E-state index is 0.0359. The number of aliphatic hydroxyl groups is 2. The van der Waals surface area contributed by atoms with Crippen molar-refractivity contribution in [2.24, 2.45) is 0 Å². The van der Waals surface area contributed by atoms with Crippen molar-refractivity contribution in [2.45, 2.75) is 71.0 Å². The van der Waals surface area contributed by atoms with Crippen LogP contribution in [0.15, 0.2) is 48.5 Å². The van der Waals surface area contributed by atoms with E-state index >= 15 is 0 Å². The Kier molecular flexibility index (Phi) is 15.1. The topological polar surface area (TPSA) is 121 Å². The van der Waals surface area contributed by atoms with Gasteiger partial charge >= 0.3 is 0 Å². The second kappa shape index (κ2) is 16.5. The summed E-state index contributed by atoms with van der Waals surface area (Å²) in [5.74, 6) is 0.0231. The van der Waals surface area contributed by atoms with E-state index < -0.39 is 0 Å². The number of aliphatic hydroxyl groups excluding tert-OH is 2. The molecule has 0 bridgehead atoms. The van der Waals surface area contributed by atoms with Crippen LogP contribution in [0.4, 0.5) is 0 Å². The largest absolute Gasteiger partial charge is 0.508 e. The number of benzene rings is 2.